The van der Waals surface area contributed by atoms with Crippen LogP contribution in [0.1, 0.15) is 37.8 Å². The largest absolute Gasteiger partial charge is 0.368 e. The summed E-state index contributed by atoms with van der Waals surface area (Å²) in [6.07, 6.45) is 8.84. The van der Waals surface area contributed by atoms with Crippen molar-refractivity contribution in [1.82, 2.24) is 4.98 Å². The maximum absolute atomic E-state index is 5.87. The number of aromatic nitrogens is 1. The minimum atomic E-state index is 0.510. The highest BCUT2D eigenvalue weighted by Crippen LogP contribution is 2.39. The predicted octanol–water partition coefficient (Wildman–Crippen LogP) is 3.59. The van der Waals surface area contributed by atoms with E-state index in [0.717, 1.165) is 17.7 Å². The Balaban J connectivity index is 1.86. The van der Waals surface area contributed by atoms with Crippen LogP contribution < -0.4 is 4.90 Å². The van der Waals surface area contributed by atoms with Crippen molar-refractivity contribution in [2.45, 2.75) is 44.0 Å². The first-order chi connectivity index (χ1) is 8.38. The molecular weight excluding hydrogens is 232 g/mol. The van der Waals surface area contributed by atoms with Gasteiger partial charge in [0.1, 0.15) is 0 Å². The van der Waals surface area contributed by atoms with Gasteiger partial charge in [0.15, 0.2) is 0 Å². The van der Waals surface area contributed by atoms with Gasteiger partial charge in [-0.2, -0.15) is 0 Å². The van der Waals surface area contributed by atoms with Gasteiger partial charge in [0.05, 0.1) is 11.6 Å². The van der Waals surface area contributed by atoms with Crippen LogP contribution >= 0.6 is 11.6 Å². The maximum atomic E-state index is 5.87. The van der Waals surface area contributed by atoms with Crippen LogP contribution in [0.4, 0.5) is 5.69 Å². The molecule has 17 heavy (non-hydrogen) atoms. The Morgan fingerprint density at radius 1 is 1.29 bits per heavy atom. The molecule has 1 aliphatic carbocycles. The number of hydrogen-bond donors (Lipinski definition) is 0. The highest BCUT2D eigenvalue weighted by atomic mass is 35.5. The highest BCUT2D eigenvalue weighted by Gasteiger charge is 2.34. The lowest BCUT2D eigenvalue weighted by Crippen LogP contribution is -2.42. The Hall–Kier alpha value is -0.760. The zero-order valence-corrected chi connectivity index (χ0v) is 10.9. The number of anilines is 1. The molecule has 3 rings (SSSR count). The average molecular weight is 251 g/mol. The van der Waals surface area contributed by atoms with Gasteiger partial charge in [-0.25, -0.2) is 0 Å². The minimum Gasteiger partial charge on any atom is -0.368 e. The first-order valence-electron chi connectivity index (χ1n) is 6.66. The molecule has 2 aliphatic rings. The molecule has 0 radical (unpaired) electrons. The molecule has 1 aromatic rings. The first kappa shape index (κ1) is 11.3. The Kier molecular flexibility index (Phi) is 3.24. The second kappa shape index (κ2) is 4.85. The molecule has 0 N–H and O–H groups in total. The van der Waals surface area contributed by atoms with Gasteiger partial charge in [-0.15, -0.1) is 11.6 Å². The van der Waals surface area contributed by atoms with Crippen LogP contribution in [0, 0.1) is 5.92 Å². The van der Waals surface area contributed by atoms with E-state index in [1.165, 1.54) is 44.3 Å². The van der Waals surface area contributed by atoms with Crippen LogP contribution in [0.5, 0.6) is 0 Å². The third-order valence-corrected chi connectivity index (χ3v) is 4.54. The zero-order chi connectivity index (χ0) is 11.7. The molecule has 2 heterocycles. The topological polar surface area (TPSA) is 16.1 Å². The number of piperidine rings is 1. The second-order valence-corrected chi connectivity index (χ2v) is 5.50. The Bertz CT molecular complexity index is 394. The van der Waals surface area contributed by atoms with Gasteiger partial charge in [0.25, 0.3) is 0 Å². The molecule has 1 saturated carbocycles. The number of fused-ring (bicyclic) bond motifs is 1. The summed E-state index contributed by atoms with van der Waals surface area (Å²) in [5.74, 6) is 1.44. The van der Waals surface area contributed by atoms with E-state index in [1.807, 2.05) is 6.20 Å². The predicted molar refractivity (Wildman–Crippen MR) is 71.5 cm³/mol. The smallest absolute Gasteiger partial charge is 0.0648 e. The van der Waals surface area contributed by atoms with Crippen molar-refractivity contribution < 1.29 is 0 Å². The third-order valence-electron chi connectivity index (χ3n) is 4.26. The molecule has 2 nitrogen and oxygen atoms in total. The molecule has 3 heteroatoms. The fraction of sp³-hybridized carbons (Fsp3) is 0.643. The van der Waals surface area contributed by atoms with Crippen molar-refractivity contribution in [2.24, 2.45) is 5.92 Å². The summed E-state index contributed by atoms with van der Waals surface area (Å²) in [4.78, 5) is 6.88. The number of alkyl halides is 1. The van der Waals surface area contributed by atoms with Crippen LogP contribution in [0.2, 0.25) is 0 Å². The minimum absolute atomic E-state index is 0.510. The average Bonchev–Trinajstić information content (AvgIpc) is 2.87. The summed E-state index contributed by atoms with van der Waals surface area (Å²) in [6.45, 7) is 1.20. The van der Waals surface area contributed by atoms with E-state index in [9.17, 15) is 0 Å². The second-order valence-electron chi connectivity index (χ2n) is 5.23. The van der Waals surface area contributed by atoms with E-state index in [0.29, 0.717) is 5.88 Å². The molecule has 92 valence electrons. The number of hydrogen-bond acceptors (Lipinski definition) is 2. The van der Waals surface area contributed by atoms with Gasteiger partial charge in [-0.1, -0.05) is 6.42 Å². The molecule has 2 fully saturated rings. The molecular formula is C14H19ClN2. The molecule has 2 atom stereocenters. The van der Waals surface area contributed by atoms with Gasteiger partial charge in [-0.05, 0) is 43.7 Å². The lowest BCUT2D eigenvalue weighted by molar-refractivity contribution is 0.362. The van der Waals surface area contributed by atoms with E-state index in [2.05, 4.69) is 22.0 Å². The standard InChI is InChI=1S/C14H19ClN2/c15-10-12-9-13(6-7-16-12)17-8-2-4-11-3-1-5-14(11)17/h6-7,9,11,14H,1-5,8,10H2. The number of pyridine rings is 1. The molecule has 0 aromatic carbocycles. The van der Waals surface area contributed by atoms with Crippen molar-refractivity contribution in [2.75, 3.05) is 11.4 Å². The van der Waals surface area contributed by atoms with Gasteiger partial charge in [-0.3, -0.25) is 4.98 Å². The fourth-order valence-electron chi connectivity index (χ4n) is 3.49. The van der Waals surface area contributed by atoms with Crippen molar-refractivity contribution in [3.63, 3.8) is 0 Å². The summed E-state index contributed by atoms with van der Waals surface area (Å²) in [6, 6.07) is 5.07. The summed E-state index contributed by atoms with van der Waals surface area (Å²) in [5, 5.41) is 0. The lowest BCUT2D eigenvalue weighted by atomic mass is 9.91. The summed E-state index contributed by atoms with van der Waals surface area (Å²) < 4.78 is 0. The lowest BCUT2D eigenvalue weighted by Gasteiger charge is -2.39. The van der Waals surface area contributed by atoms with Crippen LogP contribution in [-0.4, -0.2) is 17.6 Å². The van der Waals surface area contributed by atoms with Crippen LogP contribution in [0.3, 0.4) is 0 Å². The quantitative estimate of drug-likeness (QED) is 0.746. The van der Waals surface area contributed by atoms with Gasteiger partial charge in [0, 0.05) is 24.5 Å². The van der Waals surface area contributed by atoms with Crippen molar-refractivity contribution >= 4 is 17.3 Å². The first-order valence-corrected chi connectivity index (χ1v) is 7.19. The Morgan fingerprint density at radius 3 is 3.06 bits per heavy atom. The third kappa shape index (κ3) is 2.15. The number of nitrogens with zero attached hydrogens (tertiary/aromatic N) is 2. The summed E-state index contributed by atoms with van der Waals surface area (Å²) in [7, 11) is 0. The SMILES string of the molecule is ClCc1cc(N2CCCC3CCCC32)ccn1. The molecule has 1 aliphatic heterocycles. The van der Waals surface area contributed by atoms with Gasteiger partial charge in [0.2, 0.25) is 0 Å². The molecule has 1 aromatic heterocycles. The molecule has 1 saturated heterocycles. The van der Waals surface area contributed by atoms with Crippen LogP contribution in [0.25, 0.3) is 0 Å². The number of rotatable bonds is 2. The normalized spacial score (nSPS) is 28.2. The summed E-state index contributed by atoms with van der Waals surface area (Å²) >= 11 is 5.87. The monoisotopic (exact) mass is 250 g/mol. The molecule has 0 amide bonds. The Labute approximate surface area is 108 Å². The Morgan fingerprint density at radius 2 is 2.18 bits per heavy atom. The van der Waals surface area contributed by atoms with E-state index in [1.54, 1.807) is 0 Å². The van der Waals surface area contributed by atoms with E-state index in [4.69, 9.17) is 11.6 Å². The zero-order valence-electron chi connectivity index (χ0n) is 10.1. The van der Waals surface area contributed by atoms with Gasteiger partial charge >= 0.3 is 0 Å². The van der Waals surface area contributed by atoms with Crippen molar-refractivity contribution in [3.8, 4) is 0 Å². The van der Waals surface area contributed by atoms with E-state index in [-0.39, 0.29) is 0 Å². The number of halogens is 1. The fourth-order valence-corrected chi connectivity index (χ4v) is 3.64. The van der Waals surface area contributed by atoms with Crippen LogP contribution in [-0.2, 0) is 5.88 Å². The molecule has 0 bridgehead atoms. The maximum Gasteiger partial charge on any atom is 0.0648 e. The van der Waals surface area contributed by atoms with E-state index >= 15 is 0 Å². The molecule has 0 spiro atoms. The van der Waals surface area contributed by atoms with Crippen LogP contribution in [0.15, 0.2) is 18.3 Å². The highest BCUT2D eigenvalue weighted by molar-refractivity contribution is 6.16. The van der Waals surface area contributed by atoms with Gasteiger partial charge < -0.3 is 4.90 Å². The molecule has 2 unspecified atom stereocenters. The summed E-state index contributed by atoms with van der Waals surface area (Å²) in [5.41, 5.74) is 2.32. The van der Waals surface area contributed by atoms with Crippen molar-refractivity contribution in [1.29, 1.82) is 0 Å². The van der Waals surface area contributed by atoms with Crippen molar-refractivity contribution in [3.05, 3.63) is 24.0 Å². The van der Waals surface area contributed by atoms with E-state index < -0.39 is 0 Å².